The third-order valence-electron chi connectivity index (χ3n) is 3.53. The van der Waals surface area contributed by atoms with Gasteiger partial charge in [-0.2, -0.15) is 0 Å². The maximum Gasteiger partial charge on any atom is 0.267 e. The second-order valence-corrected chi connectivity index (χ2v) is 5.54. The van der Waals surface area contributed by atoms with E-state index in [9.17, 15) is 14.0 Å². The summed E-state index contributed by atoms with van der Waals surface area (Å²) in [4.78, 5) is 24.7. The van der Waals surface area contributed by atoms with E-state index in [4.69, 9.17) is 0 Å². The SMILES string of the molecule is CCCCNC(=O)C(=Cc1ccc(F)cc1)NC(=O)c1ccccc1. The molecule has 0 saturated heterocycles. The van der Waals surface area contributed by atoms with Crippen molar-refractivity contribution in [2.45, 2.75) is 19.8 Å². The Bertz CT molecular complexity index is 740. The second kappa shape index (κ2) is 9.37. The molecular weight excluding hydrogens is 319 g/mol. The van der Waals surface area contributed by atoms with E-state index in [0.29, 0.717) is 17.7 Å². The lowest BCUT2D eigenvalue weighted by atomic mass is 10.1. The molecule has 2 N–H and O–H groups in total. The summed E-state index contributed by atoms with van der Waals surface area (Å²) >= 11 is 0. The van der Waals surface area contributed by atoms with Crippen molar-refractivity contribution in [3.05, 3.63) is 77.2 Å². The summed E-state index contributed by atoms with van der Waals surface area (Å²) in [5, 5.41) is 5.42. The normalized spacial score (nSPS) is 11.0. The van der Waals surface area contributed by atoms with Gasteiger partial charge < -0.3 is 10.6 Å². The fourth-order valence-corrected chi connectivity index (χ4v) is 2.14. The molecule has 130 valence electrons. The van der Waals surface area contributed by atoms with Gasteiger partial charge in [0, 0.05) is 12.1 Å². The van der Waals surface area contributed by atoms with Gasteiger partial charge in [-0.1, -0.05) is 43.7 Å². The van der Waals surface area contributed by atoms with Gasteiger partial charge in [-0.25, -0.2) is 4.39 Å². The van der Waals surface area contributed by atoms with Gasteiger partial charge in [0.05, 0.1) is 0 Å². The average Bonchev–Trinajstić information content (AvgIpc) is 2.63. The maximum atomic E-state index is 13.0. The van der Waals surface area contributed by atoms with Crippen molar-refractivity contribution in [1.29, 1.82) is 0 Å². The predicted octanol–water partition coefficient (Wildman–Crippen LogP) is 3.51. The van der Waals surface area contributed by atoms with Gasteiger partial charge in [-0.3, -0.25) is 9.59 Å². The summed E-state index contributed by atoms with van der Waals surface area (Å²) in [6, 6.07) is 14.3. The van der Waals surface area contributed by atoms with Crippen LogP contribution in [0.15, 0.2) is 60.3 Å². The first-order chi connectivity index (χ1) is 12.1. The number of rotatable bonds is 7. The Morgan fingerprint density at radius 1 is 1.04 bits per heavy atom. The molecule has 25 heavy (non-hydrogen) atoms. The van der Waals surface area contributed by atoms with Crippen molar-refractivity contribution in [2.24, 2.45) is 0 Å². The minimum Gasteiger partial charge on any atom is -0.351 e. The van der Waals surface area contributed by atoms with E-state index < -0.39 is 0 Å². The van der Waals surface area contributed by atoms with Gasteiger partial charge in [0.1, 0.15) is 11.5 Å². The first kappa shape index (κ1) is 18.4. The highest BCUT2D eigenvalue weighted by Gasteiger charge is 2.14. The van der Waals surface area contributed by atoms with E-state index in [2.05, 4.69) is 10.6 Å². The third kappa shape index (κ3) is 5.88. The molecule has 0 spiro atoms. The van der Waals surface area contributed by atoms with Crippen LogP contribution in [-0.2, 0) is 4.79 Å². The van der Waals surface area contributed by atoms with Gasteiger partial charge in [-0.05, 0) is 42.3 Å². The van der Waals surface area contributed by atoms with E-state index in [1.54, 1.807) is 36.4 Å². The van der Waals surface area contributed by atoms with Crippen LogP contribution in [0.25, 0.3) is 6.08 Å². The Labute approximate surface area is 146 Å². The molecule has 0 bridgehead atoms. The zero-order chi connectivity index (χ0) is 18.1. The van der Waals surface area contributed by atoms with Crippen LogP contribution in [0.4, 0.5) is 4.39 Å². The number of hydrogen-bond donors (Lipinski definition) is 2. The van der Waals surface area contributed by atoms with Crippen LogP contribution in [-0.4, -0.2) is 18.4 Å². The lowest BCUT2D eigenvalue weighted by molar-refractivity contribution is -0.117. The van der Waals surface area contributed by atoms with E-state index in [1.807, 2.05) is 13.0 Å². The van der Waals surface area contributed by atoms with Crippen LogP contribution in [0.1, 0.15) is 35.7 Å². The predicted molar refractivity (Wildman–Crippen MR) is 96.2 cm³/mol. The number of hydrogen-bond acceptors (Lipinski definition) is 2. The van der Waals surface area contributed by atoms with E-state index in [-0.39, 0.29) is 23.3 Å². The van der Waals surface area contributed by atoms with Crippen LogP contribution in [0.3, 0.4) is 0 Å². The van der Waals surface area contributed by atoms with Crippen molar-refractivity contribution in [3.8, 4) is 0 Å². The number of halogens is 1. The molecule has 0 aliphatic carbocycles. The topological polar surface area (TPSA) is 58.2 Å². The van der Waals surface area contributed by atoms with Crippen molar-refractivity contribution in [2.75, 3.05) is 6.54 Å². The molecule has 0 fully saturated rings. The molecule has 2 amide bonds. The average molecular weight is 340 g/mol. The minimum atomic E-state index is -0.375. The van der Waals surface area contributed by atoms with Crippen LogP contribution in [0, 0.1) is 5.82 Å². The Balaban J connectivity index is 2.20. The molecule has 4 nitrogen and oxygen atoms in total. The highest BCUT2D eigenvalue weighted by molar-refractivity contribution is 6.05. The zero-order valence-electron chi connectivity index (χ0n) is 14.1. The van der Waals surface area contributed by atoms with E-state index in [0.717, 1.165) is 12.8 Å². The van der Waals surface area contributed by atoms with Crippen LogP contribution in [0.5, 0.6) is 0 Å². The number of carbonyl (C=O) groups is 2. The summed E-state index contributed by atoms with van der Waals surface area (Å²) in [6.45, 7) is 2.55. The molecule has 2 aromatic carbocycles. The van der Waals surface area contributed by atoms with Gasteiger partial charge in [0.25, 0.3) is 11.8 Å². The molecule has 0 radical (unpaired) electrons. The molecule has 0 saturated carbocycles. The number of carbonyl (C=O) groups excluding carboxylic acids is 2. The van der Waals surface area contributed by atoms with Crippen molar-refractivity contribution >= 4 is 17.9 Å². The Morgan fingerprint density at radius 2 is 1.72 bits per heavy atom. The monoisotopic (exact) mass is 340 g/mol. The molecule has 0 aliphatic rings. The van der Waals surface area contributed by atoms with Crippen molar-refractivity contribution < 1.29 is 14.0 Å². The molecule has 0 heterocycles. The lowest BCUT2D eigenvalue weighted by Crippen LogP contribution is -2.35. The highest BCUT2D eigenvalue weighted by atomic mass is 19.1. The third-order valence-corrected chi connectivity index (χ3v) is 3.53. The van der Waals surface area contributed by atoms with E-state index in [1.165, 1.54) is 18.2 Å². The number of benzene rings is 2. The quantitative estimate of drug-likeness (QED) is 0.598. The summed E-state index contributed by atoms with van der Waals surface area (Å²) in [6.07, 6.45) is 3.33. The molecule has 0 aliphatic heterocycles. The van der Waals surface area contributed by atoms with Gasteiger partial charge >= 0.3 is 0 Å². The molecule has 2 rings (SSSR count). The smallest absolute Gasteiger partial charge is 0.267 e. The fraction of sp³-hybridized carbons (Fsp3) is 0.200. The second-order valence-electron chi connectivity index (χ2n) is 5.54. The van der Waals surface area contributed by atoms with Gasteiger partial charge in [-0.15, -0.1) is 0 Å². The lowest BCUT2D eigenvalue weighted by Gasteiger charge is -2.11. The molecule has 0 unspecified atom stereocenters. The first-order valence-electron chi connectivity index (χ1n) is 8.22. The van der Waals surface area contributed by atoms with E-state index >= 15 is 0 Å². The van der Waals surface area contributed by atoms with Crippen LogP contribution in [0.2, 0.25) is 0 Å². The van der Waals surface area contributed by atoms with Gasteiger partial charge in [0.15, 0.2) is 0 Å². The molecule has 0 atom stereocenters. The molecule has 2 aromatic rings. The fourth-order valence-electron chi connectivity index (χ4n) is 2.14. The molecule has 5 heteroatoms. The van der Waals surface area contributed by atoms with Crippen LogP contribution < -0.4 is 10.6 Å². The minimum absolute atomic E-state index is 0.122. The highest BCUT2D eigenvalue weighted by Crippen LogP contribution is 2.09. The summed E-state index contributed by atoms with van der Waals surface area (Å²) in [5.41, 5.74) is 1.20. The summed E-state index contributed by atoms with van der Waals surface area (Å²) < 4.78 is 13.0. The Morgan fingerprint density at radius 3 is 2.36 bits per heavy atom. The first-order valence-corrected chi connectivity index (χ1v) is 8.22. The van der Waals surface area contributed by atoms with Crippen LogP contribution >= 0.6 is 0 Å². The zero-order valence-corrected chi connectivity index (χ0v) is 14.1. The summed E-state index contributed by atoms with van der Waals surface area (Å²) in [5.74, 6) is -1.11. The number of amides is 2. The van der Waals surface area contributed by atoms with Crippen molar-refractivity contribution in [1.82, 2.24) is 10.6 Å². The number of unbranched alkanes of at least 4 members (excludes halogenated alkanes) is 1. The van der Waals surface area contributed by atoms with Crippen molar-refractivity contribution in [3.63, 3.8) is 0 Å². The van der Waals surface area contributed by atoms with Gasteiger partial charge in [0.2, 0.25) is 0 Å². The maximum absolute atomic E-state index is 13.0. The molecular formula is C20H21FN2O2. The standard InChI is InChI=1S/C20H21FN2O2/c1-2-3-13-22-20(25)18(14-15-9-11-17(21)12-10-15)23-19(24)16-7-5-4-6-8-16/h4-12,14H,2-3,13H2,1H3,(H,22,25)(H,23,24). The number of nitrogens with one attached hydrogen (secondary N) is 2. The largest absolute Gasteiger partial charge is 0.351 e. The molecule has 0 aromatic heterocycles. The summed E-state index contributed by atoms with van der Waals surface area (Å²) in [7, 11) is 0. The Hall–Kier alpha value is -2.95. The Kier molecular flexibility index (Phi) is 6.89.